The lowest BCUT2D eigenvalue weighted by atomic mass is 10.1. The Kier molecular flexibility index (Phi) is 13.1. The van der Waals surface area contributed by atoms with Gasteiger partial charge in [-0.2, -0.15) is 9.35 Å². The summed E-state index contributed by atoms with van der Waals surface area (Å²) in [7, 11) is 1.90. The van der Waals surface area contributed by atoms with Gasteiger partial charge < -0.3 is 0 Å². The van der Waals surface area contributed by atoms with E-state index in [4.69, 9.17) is 5.26 Å². The van der Waals surface area contributed by atoms with Crippen LogP contribution in [0.3, 0.4) is 0 Å². The first-order valence-electron chi connectivity index (χ1n) is 3.99. The van der Waals surface area contributed by atoms with Crippen LogP contribution in [0.5, 0.6) is 0 Å². The third kappa shape index (κ3) is 12.5. The zero-order valence-corrected chi connectivity index (χ0v) is 10.2. The Labute approximate surface area is 90.8 Å². The first kappa shape index (κ1) is 15.5. The summed E-state index contributed by atoms with van der Waals surface area (Å²) in [4.78, 5) is 4.58. The second kappa shape index (κ2) is 12.6. The molecule has 3 atom stereocenters. The molecule has 0 saturated carbocycles. The van der Waals surface area contributed by atoms with E-state index in [0.29, 0.717) is 12.5 Å². The average Bonchev–Trinajstić information content (AvgIpc) is 2.24. The molecule has 0 aromatic rings. The van der Waals surface area contributed by atoms with Crippen molar-refractivity contribution in [3.05, 3.63) is 0 Å². The maximum atomic E-state index is 7.75. The minimum Gasteiger partial charge on any atom is -0.219 e. The zero-order chi connectivity index (χ0) is 11.4. The van der Waals surface area contributed by atoms with Crippen molar-refractivity contribution in [3.8, 4) is 0 Å². The summed E-state index contributed by atoms with van der Waals surface area (Å²) >= 11 is 0. The molecular formula is C5H14O8P2. The van der Waals surface area contributed by atoms with Crippen LogP contribution in [0, 0.1) is 5.92 Å². The third-order valence-electron chi connectivity index (χ3n) is 1.36. The minimum atomic E-state index is 0.0687. The molecule has 0 spiro atoms. The van der Waals surface area contributed by atoms with Crippen LogP contribution in [0.25, 0.3) is 0 Å². The Balaban J connectivity index is 3.08. The van der Waals surface area contributed by atoms with Crippen LogP contribution in [0.4, 0.5) is 0 Å². The molecule has 0 fully saturated rings. The molecule has 0 aliphatic heterocycles. The Morgan fingerprint density at radius 3 is 2.80 bits per heavy atom. The second-order valence-corrected chi connectivity index (χ2v) is 3.58. The minimum absolute atomic E-state index is 0.0687. The SMILES string of the molecule is CC(CCOOOOP)CPOOOO. The van der Waals surface area contributed by atoms with Crippen molar-refractivity contribution in [1.29, 1.82) is 0 Å². The third-order valence-corrected chi connectivity index (χ3v) is 2.49. The van der Waals surface area contributed by atoms with E-state index in [-0.39, 0.29) is 8.81 Å². The predicted molar refractivity (Wildman–Crippen MR) is 51.8 cm³/mol. The van der Waals surface area contributed by atoms with E-state index < -0.39 is 0 Å². The highest BCUT2D eigenvalue weighted by Gasteiger charge is 2.03. The van der Waals surface area contributed by atoms with Crippen LogP contribution in [0.1, 0.15) is 13.3 Å². The monoisotopic (exact) mass is 264 g/mol. The highest BCUT2D eigenvalue weighted by Crippen LogP contribution is 2.19. The van der Waals surface area contributed by atoms with Crippen molar-refractivity contribution >= 4 is 18.3 Å². The fourth-order valence-electron chi connectivity index (χ4n) is 0.637. The normalized spacial score (nSPS) is 13.8. The molecule has 0 aromatic heterocycles. The molecule has 0 aliphatic carbocycles. The van der Waals surface area contributed by atoms with Crippen LogP contribution in [0.2, 0.25) is 0 Å². The maximum absolute atomic E-state index is 7.75. The topological polar surface area (TPSA) is 84.8 Å². The Hall–Kier alpha value is 0.540. The molecule has 0 rings (SSSR count). The van der Waals surface area contributed by atoms with Crippen molar-refractivity contribution in [1.82, 2.24) is 0 Å². The Morgan fingerprint density at radius 2 is 2.13 bits per heavy atom. The lowest BCUT2D eigenvalue weighted by molar-refractivity contribution is -0.605. The quantitative estimate of drug-likeness (QED) is 0.260. The van der Waals surface area contributed by atoms with Crippen molar-refractivity contribution in [3.63, 3.8) is 0 Å². The van der Waals surface area contributed by atoms with Crippen LogP contribution >= 0.6 is 18.3 Å². The number of hydrogen-bond acceptors (Lipinski definition) is 8. The number of hydrogen-bond donors (Lipinski definition) is 1. The first-order chi connectivity index (χ1) is 7.31. The summed E-state index contributed by atoms with van der Waals surface area (Å²) < 4.78 is 8.47. The van der Waals surface area contributed by atoms with E-state index in [1.807, 2.05) is 16.4 Å². The van der Waals surface area contributed by atoms with Gasteiger partial charge in [0, 0.05) is 9.47 Å². The van der Waals surface area contributed by atoms with Gasteiger partial charge in [0.05, 0.1) is 15.4 Å². The zero-order valence-electron chi connectivity index (χ0n) is 8.08. The van der Waals surface area contributed by atoms with Crippen molar-refractivity contribution < 1.29 is 39.6 Å². The molecule has 92 valence electrons. The second-order valence-electron chi connectivity index (χ2n) is 2.52. The first-order valence-corrected chi connectivity index (χ1v) is 5.58. The lowest BCUT2D eigenvalue weighted by Gasteiger charge is -2.08. The van der Waals surface area contributed by atoms with E-state index in [1.165, 1.54) is 0 Å². The molecule has 0 radical (unpaired) electrons. The molecule has 8 nitrogen and oxygen atoms in total. The predicted octanol–water partition coefficient (Wildman–Crippen LogP) is 1.56. The fraction of sp³-hybridized carbons (Fsp3) is 1.00. The average molecular weight is 264 g/mol. The van der Waals surface area contributed by atoms with Gasteiger partial charge in [-0.3, -0.25) is 0 Å². The lowest BCUT2D eigenvalue weighted by Crippen LogP contribution is -2.04. The van der Waals surface area contributed by atoms with E-state index in [0.717, 1.165) is 12.6 Å². The van der Waals surface area contributed by atoms with Crippen LogP contribution in [0.15, 0.2) is 0 Å². The van der Waals surface area contributed by atoms with E-state index in [9.17, 15) is 0 Å². The summed E-state index contributed by atoms with van der Waals surface area (Å²) in [5.74, 6) is 0.339. The molecule has 3 unspecified atom stereocenters. The summed E-state index contributed by atoms with van der Waals surface area (Å²) in [5, 5.41) is 22.9. The molecule has 0 aliphatic rings. The standard InChI is InChI=1S/C5H14O8P2/c1-5(4-15-13-10-8-6)2-3-7-9-11-12-14/h5-6,15H,2-4,14H2,1H3. The van der Waals surface area contributed by atoms with Gasteiger partial charge in [0.25, 0.3) is 0 Å². The van der Waals surface area contributed by atoms with Gasteiger partial charge in [0.1, 0.15) is 0 Å². The molecule has 15 heavy (non-hydrogen) atoms. The van der Waals surface area contributed by atoms with Gasteiger partial charge in [-0.15, -0.1) is 0 Å². The van der Waals surface area contributed by atoms with Gasteiger partial charge >= 0.3 is 0 Å². The highest BCUT2D eigenvalue weighted by molar-refractivity contribution is 7.32. The summed E-state index contributed by atoms with van der Waals surface area (Å²) in [5.41, 5.74) is 0. The van der Waals surface area contributed by atoms with E-state index in [1.54, 1.807) is 0 Å². The summed E-state index contributed by atoms with van der Waals surface area (Å²) in [6, 6.07) is 0. The molecule has 0 aromatic carbocycles. The molecular weight excluding hydrogens is 250 g/mol. The smallest absolute Gasteiger partial charge is 0.0857 e. The van der Waals surface area contributed by atoms with Gasteiger partial charge in [0.2, 0.25) is 0 Å². The maximum Gasteiger partial charge on any atom is 0.0857 e. The van der Waals surface area contributed by atoms with Gasteiger partial charge in [-0.25, -0.2) is 10.1 Å². The van der Waals surface area contributed by atoms with Gasteiger partial charge in [-0.05, 0) is 38.7 Å². The Bertz CT molecular complexity index is 128. The van der Waals surface area contributed by atoms with E-state index >= 15 is 0 Å². The van der Waals surface area contributed by atoms with Crippen molar-refractivity contribution in [2.24, 2.45) is 5.92 Å². The highest BCUT2D eigenvalue weighted by atomic mass is 31.1. The van der Waals surface area contributed by atoms with E-state index in [2.05, 4.69) is 34.4 Å². The van der Waals surface area contributed by atoms with Crippen molar-refractivity contribution in [2.45, 2.75) is 13.3 Å². The molecule has 0 saturated heterocycles. The molecule has 0 heterocycles. The van der Waals surface area contributed by atoms with Gasteiger partial charge in [0.15, 0.2) is 0 Å². The molecule has 0 bridgehead atoms. The van der Waals surface area contributed by atoms with Crippen LogP contribution in [-0.2, 0) is 34.4 Å². The van der Waals surface area contributed by atoms with Crippen molar-refractivity contribution in [2.75, 3.05) is 12.8 Å². The Morgan fingerprint density at radius 1 is 1.33 bits per heavy atom. The molecule has 0 amide bonds. The van der Waals surface area contributed by atoms with Gasteiger partial charge in [-0.1, -0.05) is 6.92 Å². The van der Waals surface area contributed by atoms with Crippen LogP contribution < -0.4 is 0 Å². The summed E-state index contributed by atoms with van der Waals surface area (Å²) in [6.45, 7) is 2.35. The largest absolute Gasteiger partial charge is 0.219 e. The summed E-state index contributed by atoms with van der Waals surface area (Å²) in [6.07, 6.45) is 1.49. The number of rotatable bonds is 11. The fourth-order valence-corrected chi connectivity index (χ4v) is 1.30. The van der Waals surface area contributed by atoms with Crippen LogP contribution in [-0.4, -0.2) is 18.0 Å². The molecule has 10 heteroatoms. The molecule has 1 N–H and O–H groups in total.